The number of anilines is 1. The van der Waals surface area contributed by atoms with Crippen molar-refractivity contribution in [1.82, 2.24) is 19.5 Å². The first-order valence-electron chi connectivity index (χ1n) is 9.56. The molecule has 7 nitrogen and oxygen atoms in total. The minimum absolute atomic E-state index is 0.114. The van der Waals surface area contributed by atoms with Gasteiger partial charge in [-0.3, -0.25) is 9.47 Å². The number of hydrogen-bond acceptors (Lipinski definition) is 5. The molecular weight excluding hydrogens is 398 g/mol. The number of rotatable bonds is 8. The van der Waals surface area contributed by atoms with Gasteiger partial charge in [-0.25, -0.2) is 4.68 Å². The van der Waals surface area contributed by atoms with Gasteiger partial charge in [0.2, 0.25) is 11.1 Å². The molecule has 8 heteroatoms. The first-order chi connectivity index (χ1) is 14.7. The summed E-state index contributed by atoms with van der Waals surface area (Å²) in [5.74, 6) is 2.43. The fourth-order valence-corrected chi connectivity index (χ4v) is 3.61. The first-order valence-corrected chi connectivity index (χ1v) is 10.5. The maximum atomic E-state index is 12.4. The van der Waals surface area contributed by atoms with E-state index in [1.165, 1.54) is 11.8 Å². The summed E-state index contributed by atoms with van der Waals surface area (Å²) in [4.78, 5) is 12.4. The van der Waals surface area contributed by atoms with E-state index in [2.05, 4.69) is 15.5 Å². The number of benzene rings is 2. The molecule has 0 aliphatic heterocycles. The molecule has 4 aromatic rings. The smallest absolute Gasteiger partial charge is 0.234 e. The molecule has 2 aromatic carbocycles. The van der Waals surface area contributed by atoms with Crippen LogP contribution in [-0.4, -0.2) is 31.2 Å². The Morgan fingerprint density at radius 1 is 0.967 bits per heavy atom. The fourth-order valence-electron chi connectivity index (χ4n) is 2.86. The van der Waals surface area contributed by atoms with Crippen LogP contribution in [0.15, 0.2) is 84.3 Å². The molecule has 2 heterocycles. The van der Waals surface area contributed by atoms with Gasteiger partial charge in [0, 0.05) is 24.5 Å². The average molecular weight is 420 g/mol. The summed E-state index contributed by atoms with van der Waals surface area (Å²) in [5.41, 5.74) is 0.710. The van der Waals surface area contributed by atoms with Gasteiger partial charge in [0.05, 0.1) is 5.75 Å². The molecule has 0 aliphatic rings. The molecule has 0 atom stereocenters. The lowest BCUT2D eigenvalue weighted by Gasteiger charge is -2.10. The lowest BCUT2D eigenvalue weighted by molar-refractivity contribution is -0.113. The molecule has 0 saturated heterocycles. The Bertz CT molecular complexity index is 1090. The van der Waals surface area contributed by atoms with Crippen molar-refractivity contribution in [2.45, 2.75) is 18.5 Å². The lowest BCUT2D eigenvalue weighted by atomic mass is 10.3. The summed E-state index contributed by atoms with van der Waals surface area (Å²) in [5, 5.41) is 12.0. The highest BCUT2D eigenvalue weighted by atomic mass is 32.2. The van der Waals surface area contributed by atoms with Crippen LogP contribution in [0.3, 0.4) is 0 Å². The Hall–Kier alpha value is -3.52. The Morgan fingerprint density at radius 2 is 1.67 bits per heavy atom. The van der Waals surface area contributed by atoms with E-state index in [1.807, 2.05) is 95.4 Å². The standard InChI is InChI=1S/C22H21N5O2S/c1-2-20-24-25-22(27(20)26-14-6-7-15-26)30-16-21(28)23-17-10-12-19(13-11-17)29-18-8-4-3-5-9-18/h3-15H,2,16H2,1H3,(H,23,28). The van der Waals surface area contributed by atoms with Gasteiger partial charge in [-0.05, 0) is 48.5 Å². The first kappa shape index (κ1) is 19.8. The van der Waals surface area contributed by atoms with Gasteiger partial charge in [0.25, 0.3) is 0 Å². The van der Waals surface area contributed by atoms with Crippen molar-refractivity contribution in [1.29, 1.82) is 0 Å². The van der Waals surface area contributed by atoms with Crippen LogP contribution >= 0.6 is 11.8 Å². The Labute approximate surface area is 178 Å². The predicted octanol–water partition coefficient (Wildman–Crippen LogP) is 4.48. The van der Waals surface area contributed by atoms with Crippen LogP contribution in [0.25, 0.3) is 0 Å². The quantitative estimate of drug-likeness (QED) is 0.426. The number of para-hydroxylation sites is 1. The second-order valence-electron chi connectivity index (χ2n) is 6.40. The number of nitrogens with zero attached hydrogens (tertiary/aromatic N) is 4. The van der Waals surface area contributed by atoms with Gasteiger partial charge in [0.15, 0.2) is 5.82 Å². The van der Waals surface area contributed by atoms with E-state index >= 15 is 0 Å². The molecule has 1 N–H and O–H groups in total. The number of carbonyl (C=O) groups is 1. The van der Waals surface area contributed by atoms with Crippen LogP contribution in [0, 0.1) is 0 Å². The zero-order valence-corrected chi connectivity index (χ0v) is 17.2. The highest BCUT2D eigenvalue weighted by Gasteiger charge is 2.14. The molecule has 0 aliphatic carbocycles. The summed E-state index contributed by atoms with van der Waals surface area (Å²) < 4.78 is 9.59. The molecule has 0 spiro atoms. The summed E-state index contributed by atoms with van der Waals surface area (Å²) in [7, 11) is 0. The zero-order chi connectivity index (χ0) is 20.8. The molecule has 1 amide bonds. The molecular formula is C22H21N5O2S. The van der Waals surface area contributed by atoms with E-state index in [4.69, 9.17) is 4.74 Å². The van der Waals surface area contributed by atoms with Crippen molar-refractivity contribution in [3.63, 3.8) is 0 Å². The van der Waals surface area contributed by atoms with Gasteiger partial charge in [-0.2, -0.15) is 0 Å². The molecule has 0 bridgehead atoms. The van der Waals surface area contributed by atoms with Gasteiger partial charge in [-0.1, -0.05) is 36.9 Å². The van der Waals surface area contributed by atoms with Crippen molar-refractivity contribution in [3.05, 3.63) is 84.9 Å². The monoisotopic (exact) mass is 419 g/mol. The summed E-state index contributed by atoms with van der Waals surface area (Å²) in [6, 6.07) is 20.7. The van der Waals surface area contributed by atoms with E-state index in [-0.39, 0.29) is 11.7 Å². The fraction of sp³-hybridized carbons (Fsp3) is 0.136. The zero-order valence-electron chi connectivity index (χ0n) is 16.4. The van der Waals surface area contributed by atoms with Gasteiger partial charge in [-0.15, -0.1) is 10.2 Å². The van der Waals surface area contributed by atoms with E-state index < -0.39 is 0 Å². The molecule has 0 radical (unpaired) electrons. The SMILES string of the molecule is CCc1nnc(SCC(=O)Nc2ccc(Oc3ccccc3)cc2)n1-n1cccc1. The molecule has 4 rings (SSSR count). The lowest BCUT2D eigenvalue weighted by Crippen LogP contribution is -2.16. The Kier molecular flexibility index (Phi) is 6.14. The van der Waals surface area contributed by atoms with Crippen LogP contribution < -0.4 is 10.1 Å². The minimum atomic E-state index is -0.114. The van der Waals surface area contributed by atoms with Gasteiger partial charge < -0.3 is 10.1 Å². The van der Waals surface area contributed by atoms with E-state index in [1.54, 1.807) is 0 Å². The number of aromatic nitrogens is 4. The minimum Gasteiger partial charge on any atom is -0.457 e. The van der Waals surface area contributed by atoms with Crippen molar-refractivity contribution >= 4 is 23.4 Å². The van der Waals surface area contributed by atoms with Crippen LogP contribution in [0.1, 0.15) is 12.7 Å². The Morgan fingerprint density at radius 3 is 2.37 bits per heavy atom. The normalized spacial score (nSPS) is 10.7. The topological polar surface area (TPSA) is 74.0 Å². The summed E-state index contributed by atoms with van der Waals surface area (Å²) in [6.07, 6.45) is 4.59. The number of amides is 1. The third-order valence-electron chi connectivity index (χ3n) is 4.26. The maximum absolute atomic E-state index is 12.4. The van der Waals surface area contributed by atoms with Crippen LogP contribution in [-0.2, 0) is 11.2 Å². The highest BCUT2D eigenvalue weighted by Crippen LogP contribution is 2.23. The number of aryl methyl sites for hydroxylation is 1. The van der Waals surface area contributed by atoms with Crippen molar-refractivity contribution < 1.29 is 9.53 Å². The molecule has 30 heavy (non-hydrogen) atoms. The van der Waals surface area contributed by atoms with Crippen LogP contribution in [0.4, 0.5) is 5.69 Å². The van der Waals surface area contributed by atoms with Gasteiger partial charge >= 0.3 is 0 Å². The number of carbonyl (C=O) groups excluding carboxylic acids is 1. The summed E-state index contributed by atoms with van der Waals surface area (Å²) in [6.45, 7) is 2.02. The average Bonchev–Trinajstić information content (AvgIpc) is 3.43. The largest absolute Gasteiger partial charge is 0.457 e. The number of thioether (sulfide) groups is 1. The second kappa shape index (κ2) is 9.32. The summed E-state index contributed by atoms with van der Waals surface area (Å²) >= 11 is 1.35. The molecule has 0 fully saturated rings. The number of nitrogens with one attached hydrogen (secondary N) is 1. The van der Waals surface area contributed by atoms with E-state index in [0.29, 0.717) is 16.6 Å². The maximum Gasteiger partial charge on any atom is 0.234 e. The molecule has 2 aromatic heterocycles. The van der Waals surface area contributed by atoms with E-state index in [9.17, 15) is 4.79 Å². The van der Waals surface area contributed by atoms with Crippen molar-refractivity contribution in [2.75, 3.05) is 11.1 Å². The molecule has 152 valence electrons. The Balaban J connectivity index is 1.35. The predicted molar refractivity (Wildman–Crippen MR) is 117 cm³/mol. The molecule has 0 unspecified atom stereocenters. The second-order valence-corrected chi connectivity index (χ2v) is 7.35. The third kappa shape index (κ3) is 4.72. The van der Waals surface area contributed by atoms with Crippen molar-refractivity contribution in [3.8, 4) is 11.5 Å². The van der Waals surface area contributed by atoms with Gasteiger partial charge in [0.1, 0.15) is 11.5 Å². The van der Waals surface area contributed by atoms with Crippen molar-refractivity contribution in [2.24, 2.45) is 0 Å². The van der Waals surface area contributed by atoms with E-state index in [0.717, 1.165) is 18.0 Å². The third-order valence-corrected chi connectivity index (χ3v) is 5.18. The number of ether oxygens (including phenoxy) is 1. The van der Waals surface area contributed by atoms with Crippen LogP contribution in [0.2, 0.25) is 0 Å². The highest BCUT2D eigenvalue weighted by molar-refractivity contribution is 7.99. The van der Waals surface area contributed by atoms with Crippen LogP contribution in [0.5, 0.6) is 11.5 Å². The molecule has 0 saturated carbocycles. The number of hydrogen-bond donors (Lipinski definition) is 1.